The second-order valence-electron chi connectivity index (χ2n) is 13.2. The molecule has 0 aliphatic heterocycles. The maximum Gasteiger partial charge on any atom is 0.0433 e. The number of thiophene rings is 1. The first-order valence-electron chi connectivity index (χ1n) is 16.9. The highest BCUT2D eigenvalue weighted by Crippen LogP contribution is 2.51. The predicted molar refractivity (Wildman–Crippen MR) is 213 cm³/mol. The lowest BCUT2D eigenvalue weighted by Crippen LogP contribution is -1.98. The van der Waals surface area contributed by atoms with Crippen molar-refractivity contribution in [2.24, 2.45) is 0 Å². The minimum atomic E-state index is 1.25. The molecule has 0 saturated carbocycles. The number of hydrogen-bond acceptors (Lipinski definition) is 1. The molecule has 0 nitrogen and oxygen atoms in total. The van der Waals surface area contributed by atoms with Gasteiger partial charge in [0.1, 0.15) is 0 Å². The van der Waals surface area contributed by atoms with Gasteiger partial charge in [-0.25, -0.2) is 0 Å². The smallest absolute Gasteiger partial charge is 0.0433 e. The van der Waals surface area contributed by atoms with Crippen LogP contribution in [0.2, 0.25) is 0 Å². The van der Waals surface area contributed by atoms with Gasteiger partial charge in [0.15, 0.2) is 0 Å². The van der Waals surface area contributed by atoms with Crippen LogP contribution in [-0.4, -0.2) is 0 Å². The van der Waals surface area contributed by atoms with E-state index >= 15 is 0 Å². The van der Waals surface area contributed by atoms with Gasteiger partial charge in [0.25, 0.3) is 0 Å². The molecule has 0 spiro atoms. The van der Waals surface area contributed by atoms with Gasteiger partial charge in [0, 0.05) is 20.2 Å². The van der Waals surface area contributed by atoms with Crippen LogP contribution in [-0.2, 0) is 0 Å². The van der Waals surface area contributed by atoms with Crippen LogP contribution in [0, 0.1) is 0 Å². The summed E-state index contributed by atoms with van der Waals surface area (Å²) in [6.07, 6.45) is 0. The summed E-state index contributed by atoms with van der Waals surface area (Å²) in [5.41, 5.74) is 12.7. The minimum Gasteiger partial charge on any atom is -0.135 e. The zero-order chi connectivity index (χ0) is 32.1. The molecule has 10 aromatic rings. The van der Waals surface area contributed by atoms with Crippen molar-refractivity contribution in [3.63, 3.8) is 0 Å². The molecule has 49 heavy (non-hydrogen) atoms. The minimum absolute atomic E-state index is 1.25. The number of hydrogen-bond donors (Lipinski definition) is 0. The topological polar surface area (TPSA) is 0 Å². The molecule has 1 heteroatoms. The zero-order valence-corrected chi connectivity index (χ0v) is 27.4. The van der Waals surface area contributed by atoms with Crippen LogP contribution in [0.15, 0.2) is 170 Å². The Bertz CT molecular complexity index is 2990. The van der Waals surface area contributed by atoms with Crippen LogP contribution < -0.4 is 0 Å². The maximum atomic E-state index is 2.47. The van der Waals surface area contributed by atoms with E-state index in [2.05, 4.69) is 170 Å². The van der Waals surface area contributed by atoms with Crippen molar-refractivity contribution in [1.82, 2.24) is 0 Å². The second kappa shape index (κ2) is 10.2. The SMILES string of the molecule is c1ccc2c(c1)-c1ccc(-c3cccc4c3sc3ccccc34)cc1-c1ccccc1-c1cc3c4ccccc4c4ccccc4c3cc1-2. The van der Waals surface area contributed by atoms with Gasteiger partial charge in [-0.1, -0.05) is 146 Å². The van der Waals surface area contributed by atoms with E-state index in [9.17, 15) is 0 Å². The van der Waals surface area contributed by atoms with Crippen molar-refractivity contribution in [3.8, 4) is 55.6 Å². The Morgan fingerprint density at radius 2 is 0.653 bits per heavy atom. The molecule has 1 aliphatic rings. The predicted octanol–water partition coefficient (Wildman–Crippen LogP) is 14.2. The van der Waals surface area contributed by atoms with Crippen LogP contribution in [0.5, 0.6) is 0 Å². The average molecular weight is 637 g/mol. The molecule has 0 amide bonds. The Morgan fingerprint density at radius 3 is 1.24 bits per heavy atom. The molecule has 0 saturated heterocycles. The second-order valence-corrected chi connectivity index (χ2v) is 14.2. The maximum absolute atomic E-state index is 2.47. The molecule has 0 atom stereocenters. The van der Waals surface area contributed by atoms with Crippen LogP contribution in [0.1, 0.15) is 0 Å². The van der Waals surface area contributed by atoms with Gasteiger partial charge in [0.2, 0.25) is 0 Å². The highest BCUT2D eigenvalue weighted by molar-refractivity contribution is 7.26. The summed E-state index contributed by atoms with van der Waals surface area (Å²) in [6, 6.07) is 63.4. The summed E-state index contributed by atoms with van der Waals surface area (Å²) in [5.74, 6) is 0. The summed E-state index contributed by atoms with van der Waals surface area (Å²) in [4.78, 5) is 0. The summed E-state index contributed by atoms with van der Waals surface area (Å²) < 4.78 is 2.68. The fourth-order valence-electron chi connectivity index (χ4n) is 8.45. The number of benzene rings is 9. The van der Waals surface area contributed by atoms with Crippen molar-refractivity contribution in [3.05, 3.63) is 170 Å². The van der Waals surface area contributed by atoms with Crippen LogP contribution >= 0.6 is 11.3 Å². The van der Waals surface area contributed by atoms with Crippen molar-refractivity contribution < 1.29 is 0 Å². The van der Waals surface area contributed by atoms with Gasteiger partial charge in [-0.15, -0.1) is 11.3 Å². The highest BCUT2D eigenvalue weighted by atomic mass is 32.1. The van der Waals surface area contributed by atoms with E-state index in [1.165, 1.54) is 108 Å². The van der Waals surface area contributed by atoms with Gasteiger partial charge < -0.3 is 0 Å². The van der Waals surface area contributed by atoms with Crippen molar-refractivity contribution >= 4 is 63.8 Å². The van der Waals surface area contributed by atoms with Crippen LogP contribution in [0.25, 0.3) is 108 Å². The third kappa shape index (κ3) is 3.85. The first-order valence-corrected chi connectivity index (χ1v) is 17.7. The molecule has 1 aromatic heterocycles. The lowest BCUT2D eigenvalue weighted by Gasteiger charge is -2.25. The standard InChI is InChI=1S/C48H28S/c1-4-15-34-31(12-1)32-13-2-5-16-35(32)44-28-46-38-19-8-7-18-37(38)42-26-29(30-21-11-22-41-40-20-9-10-23-47(40)49-48(30)41)24-25-39(42)33-14-3-6-17-36(33)45(46)27-43(34)44/h1-28H. The Labute approximate surface area is 288 Å². The molecule has 0 radical (unpaired) electrons. The molecular formula is C48H28S. The number of fused-ring (bicyclic) bond motifs is 17. The third-order valence-corrected chi connectivity index (χ3v) is 11.9. The fraction of sp³-hybridized carbons (Fsp3) is 0. The molecule has 0 bridgehead atoms. The van der Waals surface area contributed by atoms with E-state index in [1.807, 2.05) is 11.3 Å². The Morgan fingerprint density at radius 1 is 0.245 bits per heavy atom. The third-order valence-electron chi connectivity index (χ3n) is 10.6. The van der Waals surface area contributed by atoms with Crippen molar-refractivity contribution in [2.75, 3.05) is 0 Å². The van der Waals surface area contributed by atoms with Gasteiger partial charge in [-0.2, -0.15) is 0 Å². The van der Waals surface area contributed by atoms with E-state index in [1.54, 1.807) is 0 Å². The van der Waals surface area contributed by atoms with Gasteiger partial charge in [-0.3, -0.25) is 0 Å². The fourth-order valence-corrected chi connectivity index (χ4v) is 9.68. The Balaban J connectivity index is 1.24. The lowest BCUT2D eigenvalue weighted by atomic mass is 9.78. The molecule has 9 aromatic carbocycles. The van der Waals surface area contributed by atoms with Crippen molar-refractivity contribution in [2.45, 2.75) is 0 Å². The van der Waals surface area contributed by atoms with E-state index in [-0.39, 0.29) is 0 Å². The van der Waals surface area contributed by atoms with Gasteiger partial charge >= 0.3 is 0 Å². The summed E-state index contributed by atoms with van der Waals surface area (Å²) in [6.45, 7) is 0. The molecule has 0 N–H and O–H groups in total. The normalized spacial score (nSPS) is 12.1. The molecule has 0 unspecified atom stereocenters. The first-order chi connectivity index (χ1) is 24.3. The van der Waals surface area contributed by atoms with E-state index in [0.29, 0.717) is 0 Å². The lowest BCUT2D eigenvalue weighted by molar-refractivity contribution is 1.53. The molecule has 11 rings (SSSR count). The zero-order valence-electron chi connectivity index (χ0n) is 26.6. The molecule has 0 fully saturated rings. The van der Waals surface area contributed by atoms with Gasteiger partial charge in [0.05, 0.1) is 0 Å². The monoisotopic (exact) mass is 636 g/mol. The molecule has 1 heterocycles. The Hall–Kier alpha value is -6.02. The average Bonchev–Trinajstić information content (AvgIpc) is 3.56. The highest BCUT2D eigenvalue weighted by Gasteiger charge is 2.24. The summed E-state index contributed by atoms with van der Waals surface area (Å²) in [5, 5.41) is 10.5. The van der Waals surface area contributed by atoms with Gasteiger partial charge in [-0.05, 0) is 112 Å². The van der Waals surface area contributed by atoms with Crippen LogP contribution in [0.4, 0.5) is 0 Å². The first kappa shape index (κ1) is 27.0. The quantitative estimate of drug-likeness (QED) is 0.157. The van der Waals surface area contributed by atoms with Crippen LogP contribution in [0.3, 0.4) is 0 Å². The van der Waals surface area contributed by atoms with E-state index in [0.717, 1.165) is 0 Å². The van der Waals surface area contributed by atoms with Crippen molar-refractivity contribution in [1.29, 1.82) is 0 Å². The Kier molecular flexibility index (Phi) is 5.64. The molecule has 1 aliphatic carbocycles. The number of rotatable bonds is 1. The van der Waals surface area contributed by atoms with E-state index < -0.39 is 0 Å². The summed E-state index contributed by atoms with van der Waals surface area (Å²) >= 11 is 1.90. The largest absolute Gasteiger partial charge is 0.135 e. The molecule has 226 valence electrons. The molecular weight excluding hydrogens is 609 g/mol. The summed E-state index contributed by atoms with van der Waals surface area (Å²) in [7, 11) is 0. The van der Waals surface area contributed by atoms with E-state index in [4.69, 9.17) is 0 Å².